The molecule has 0 aliphatic carbocycles. The molecule has 1 amide bonds. The highest BCUT2D eigenvalue weighted by atomic mass is 127. The maximum Gasteiger partial charge on any atom is 0.217 e. The smallest absolute Gasteiger partial charge is 0.217 e. The number of amides is 1. The van der Waals surface area contributed by atoms with Gasteiger partial charge >= 0.3 is 0 Å². The molecule has 1 heterocycles. The van der Waals surface area contributed by atoms with Crippen LogP contribution in [0.4, 0.5) is 0 Å². The Morgan fingerprint density at radius 1 is 1.42 bits per heavy atom. The molecular formula is C17H27IN4O2. The predicted octanol–water partition coefficient (Wildman–Crippen LogP) is 1.85. The van der Waals surface area contributed by atoms with Gasteiger partial charge in [0.05, 0.1) is 6.54 Å². The summed E-state index contributed by atoms with van der Waals surface area (Å²) in [5.74, 6) is 1.82. The van der Waals surface area contributed by atoms with Crippen molar-refractivity contribution in [2.45, 2.75) is 19.3 Å². The molecule has 1 fully saturated rings. The van der Waals surface area contributed by atoms with Gasteiger partial charge in [-0.15, -0.1) is 24.0 Å². The van der Waals surface area contributed by atoms with Gasteiger partial charge in [0.1, 0.15) is 12.4 Å². The molecule has 0 bridgehead atoms. The topological polar surface area (TPSA) is 80.0 Å². The van der Waals surface area contributed by atoms with Crippen LogP contribution in [0, 0.1) is 5.92 Å². The number of ether oxygens (including phenoxy) is 1. The summed E-state index contributed by atoms with van der Waals surface area (Å²) in [5, 5.41) is 3.32. The van der Waals surface area contributed by atoms with Crippen molar-refractivity contribution >= 4 is 35.8 Å². The molecule has 2 rings (SSSR count). The number of carbonyl (C=O) groups is 1. The van der Waals surface area contributed by atoms with E-state index in [0.717, 1.165) is 37.6 Å². The minimum absolute atomic E-state index is 0. The van der Waals surface area contributed by atoms with E-state index < -0.39 is 0 Å². The summed E-state index contributed by atoms with van der Waals surface area (Å²) in [7, 11) is 1.78. The summed E-state index contributed by atoms with van der Waals surface area (Å²) >= 11 is 0. The van der Waals surface area contributed by atoms with Crippen molar-refractivity contribution in [3.05, 3.63) is 30.3 Å². The fraction of sp³-hybridized carbons (Fsp3) is 0.529. The first kappa shape index (κ1) is 20.5. The number of nitrogens with zero attached hydrogens (tertiary/aromatic N) is 2. The molecule has 1 aromatic rings. The largest absolute Gasteiger partial charge is 0.492 e. The monoisotopic (exact) mass is 446 g/mol. The second kappa shape index (κ2) is 11.1. The van der Waals surface area contributed by atoms with Gasteiger partial charge in [-0.05, 0) is 30.9 Å². The lowest BCUT2D eigenvalue weighted by Crippen LogP contribution is -2.48. The van der Waals surface area contributed by atoms with Gasteiger partial charge in [-0.2, -0.15) is 0 Å². The molecule has 0 spiro atoms. The van der Waals surface area contributed by atoms with Crippen LogP contribution in [0.3, 0.4) is 0 Å². The lowest BCUT2D eigenvalue weighted by atomic mass is 9.95. The molecule has 1 aliphatic rings. The van der Waals surface area contributed by atoms with Crippen LogP contribution < -0.4 is 15.8 Å². The molecule has 24 heavy (non-hydrogen) atoms. The Labute approximate surface area is 160 Å². The van der Waals surface area contributed by atoms with Gasteiger partial charge in [-0.3, -0.25) is 9.79 Å². The second-order valence-corrected chi connectivity index (χ2v) is 5.76. The summed E-state index contributed by atoms with van der Waals surface area (Å²) in [6.07, 6.45) is 2.55. The van der Waals surface area contributed by atoms with E-state index in [-0.39, 0.29) is 29.9 Å². The number of carbonyl (C=O) groups excluding carboxylic acids is 1. The molecular weight excluding hydrogens is 419 g/mol. The van der Waals surface area contributed by atoms with Gasteiger partial charge in [0.15, 0.2) is 5.96 Å². The van der Waals surface area contributed by atoms with Crippen molar-refractivity contribution in [2.24, 2.45) is 16.6 Å². The summed E-state index contributed by atoms with van der Waals surface area (Å²) in [4.78, 5) is 17.6. The van der Waals surface area contributed by atoms with Gasteiger partial charge in [0, 0.05) is 26.6 Å². The van der Waals surface area contributed by atoms with E-state index in [9.17, 15) is 4.79 Å². The normalized spacial score (nSPS) is 17.8. The van der Waals surface area contributed by atoms with Gasteiger partial charge in [-0.25, -0.2) is 0 Å². The molecule has 7 heteroatoms. The van der Waals surface area contributed by atoms with Crippen molar-refractivity contribution in [3.8, 4) is 5.75 Å². The molecule has 3 N–H and O–H groups in total. The van der Waals surface area contributed by atoms with Crippen molar-refractivity contribution in [1.29, 1.82) is 0 Å². The zero-order valence-corrected chi connectivity index (χ0v) is 16.4. The third-order valence-electron chi connectivity index (χ3n) is 3.92. The number of aliphatic imine (C=N–C) groups is 1. The molecule has 0 radical (unpaired) electrons. The molecule has 1 atom stereocenters. The number of hydrogen-bond donors (Lipinski definition) is 2. The Hall–Kier alpha value is -1.51. The number of hydrogen-bond acceptors (Lipinski definition) is 3. The van der Waals surface area contributed by atoms with Crippen LogP contribution in [0.15, 0.2) is 35.3 Å². The number of para-hydroxylation sites is 1. The van der Waals surface area contributed by atoms with E-state index in [1.54, 1.807) is 7.05 Å². The Morgan fingerprint density at radius 3 is 2.83 bits per heavy atom. The van der Waals surface area contributed by atoms with Crippen LogP contribution in [0.2, 0.25) is 0 Å². The number of nitrogens with two attached hydrogens (primary N) is 1. The van der Waals surface area contributed by atoms with Gasteiger partial charge in [0.2, 0.25) is 5.91 Å². The highest BCUT2D eigenvalue weighted by molar-refractivity contribution is 14.0. The summed E-state index contributed by atoms with van der Waals surface area (Å²) in [6.45, 7) is 3.02. The third kappa shape index (κ3) is 6.94. The number of nitrogens with one attached hydrogen (secondary N) is 1. The first-order chi connectivity index (χ1) is 11.2. The van der Waals surface area contributed by atoms with Gasteiger partial charge < -0.3 is 20.7 Å². The number of primary amides is 1. The lowest BCUT2D eigenvalue weighted by molar-refractivity contribution is -0.119. The Morgan fingerprint density at radius 2 is 2.17 bits per heavy atom. The summed E-state index contributed by atoms with van der Waals surface area (Å²) in [6, 6.07) is 9.75. The second-order valence-electron chi connectivity index (χ2n) is 5.76. The third-order valence-corrected chi connectivity index (χ3v) is 3.92. The standard InChI is InChI=1S/C17H26N4O2.HI/c1-19-17(20-9-11-23-15-7-3-2-4-8-15)21-10-5-6-14(13-21)12-16(18)22;/h2-4,7-8,14H,5-6,9-13H2,1H3,(H2,18,22)(H,19,20);1H. The van der Waals surface area contributed by atoms with Crippen molar-refractivity contribution < 1.29 is 9.53 Å². The number of piperidine rings is 1. The number of benzene rings is 1. The molecule has 1 aliphatic heterocycles. The highest BCUT2D eigenvalue weighted by Gasteiger charge is 2.23. The van der Waals surface area contributed by atoms with Crippen LogP contribution >= 0.6 is 24.0 Å². The Bertz CT molecular complexity index is 525. The molecule has 6 nitrogen and oxygen atoms in total. The summed E-state index contributed by atoms with van der Waals surface area (Å²) in [5.41, 5.74) is 5.31. The zero-order chi connectivity index (χ0) is 16.5. The van der Waals surface area contributed by atoms with E-state index >= 15 is 0 Å². The van der Waals surface area contributed by atoms with E-state index in [0.29, 0.717) is 25.5 Å². The van der Waals surface area contributed by atoms with E-state index in [2.05, 4.69) is 15.2 Å². The SMILES string of the molecule is CN=C(NCCOc1ccccc1)N1CCCC(CC(N)=O)C1.I. The first-order valence-corrected chi connectivity index (χ1v) is 8.11. The van der Waals surface area contributed by atoms with Crippen LogP contribution in [0.1, 0.15) is 19.3 Å². The maximum absolute atomic E-state index is 11.1. The van der Waals surface area contributed by atoms with Crippen molar-refractivity contribution in [3.63, 3.8) is 0 Å². The fourth-order valence-corrected chi connectivity index (χ4v) is 2.89. The van der Waals surface area contributed by atoms with Crippen molar-refractivity contribution in [1.82, 2.24) is 10.2 Å². The minimum Gasteiger partial charge on any atom is -0.492 e. The average Bonchev–Trinajstić information content (AvgIpc) is 2.55. The molecule has 1 unspecified atom stereocenters. The Kier molecular flexibility index (Phi) is 9.51. The Balaban J connectivity index is 0.00000288. The van der Waals surface area contributed by atoms with Crippen LogP contribution in [0.25, 0.3) is 0 Å². The van der Waals surface area contributed by atoms with E-state index in [1.165, 1.54) is 0 Å². The number of rotatable bonds is 6. The molecule has 0 aromatic heterocycles. The minimum atomic E-state index is -0.226. The molecule has 1 saturated heterocycles. The van der Waals surface area contributed by atoms with Gasteiger partial charge in [0.25, 0.3) is 0 Å². The van der Waals surface area contributed by atoms with Crippen LogP contribution in [0.5, 0.6) is 5.75 Å². The number of halogens is 1. The van der Waals surface area contributed by atoms with Crippen LogP contribution in [-0.2, 0) is 4.79 Å². The van der Waals surface area contributed by atoms with Gasteiger partial charge in [-0.1, -0.05) is 18.2 Å². The van der Waals surface area contributed by atoms with E-state index in [4.69, 9.17) is 10.5 Å². The first-order valence-electron chi connectivity index (χ1n) is 8.11. The highest BCUT2D eigenvalue weighted by Crippen LogP contribution is 2.19. The maximum atomic E-state index is 11.1. The quantitative estimate of drug-likeness (QED) is 0.303. The molecule has 0 saturated carbocycles. The fourth-order valence-electron chi connectivity index (χ4n) is 2.89. The van der Waals surface area contributed by atoms with E-state index in [1.807, 2.05) is 30.3 Å². The summed E-state index contributed by atoms with van der Waals surface area (Å²) < 4.78 is 5.66. The van der Waals surface area contributed by atoms with Crippen LogP contribution in [-0.4, -0.2) is 50.1 Å². The molecule has 1 aromatic carbocycles. The zero-order valence-electron chi connectivity index (χ0n) is 14.1. The average molecular weight is 446 g/mol. The van der Waals surface area contributed by atoms with Crippen molar-refractivity contribution in [2.75, 3.05) is 33.3 Å². The predicted molar refractivity (Wildman–Crippen MR) is 107 cm³/mol. The number of guanidine groups is 1. The number of likely N-dealkylation sites (tertiary alicyclic amines) is 1. The lowest BCUT2D eigenvalue weighted by Gasteiger charge is -2.34. The molecule has 134 valence electrons.